The van der Waals surface area contributed by atoms with Crippen molar-refractivity contribution in [2.24, 2.45) is 21.6 Å². The van der Waals surface area contributed by atoms with Crippen LogP contribution in [-0.4, -0.2) is 82.0 Å². The molecule has 0 aliphatic carbocycles. The average Bonchev–Trinajstić information content (AvgIpc) is 2.94. The molecule has 0 bridgehead atoms. The topological polar surface area (TPSA) is 137 Å². The fraction of sp³-hybridized carbons (Fsp3) is 0.467. The van der Waals surface area contributed by atoms with Crippen LogP contribution in [0, 0.1) is 5.92 Å². The number of guanidine groups is 1. The van der Waals surface area contributed by atoms with Crippen LogP contribution in [0.5, 0.6) is 5.88 Å². The Morgan fingerprint density at radius 2 is 1.83 bits per heavy atom. The summed E-state index contributed by atoms with van der Waals surface area (Å²) in [7, 11) is 0. The summed E-state index contributed by atoms with van der Waals surface area (Å²) in [6.45, 7) is 8.92. The fourth-order valence-electron chi connectivity index (χ4n) is 5.28. The largest absolute Gasteiger partial charge is 0.481 e. The number of likely N-dealkylation sites (tertiary alicyclic amines) is 2. The Labute approximate surface area is 256 Å². The second kappa shape index (κ2) is 14.4. The number of halogens is 2. The summed E-state index contributed by atoms with van der Waals surface area (Å²) in [6.07, 6.45) is 4.74. The molecule has 12 heteroatoms. The van der Waals surface area contributed by atoms with Crippen LogP contribution < -0.4 is 10.5 Å². The highest BCUT2D eigenvalue weighted by Gasteiger charge is 2.31. The van der Waals surface area contributed by atoms with Gasteiger partial charge in [-0.3, -0.25) is 9.69 Å². The molecule has 0 saturated carbocycles. The van der Waals surface area contributed by atoms with Gasteiger partial charge in [0.05, 0.1) is 18.5 Å². The van der Waals surface area contributed by atoms with E-state index in [0.717, 1.165) is 37.1 Å². The molecule has 4 N–H and O–H groups in total. The molecule has 1 aromatic carbocycles. The van der Waals surface area contributed by atoms with Crippen molar-refractivity contribution < 1.29 is 19.7 Å². The van der Waals surface area contributed by atoms with Gasteiger partial charge in [0.2, 0.25) is 11.8 Å². The smallest absolute Gasteiger partial charge is 0.303 e. The van der Waals surface area contributed by atoms with Crippen molar-refractivity contribution in [1.29, 1.82) is 0 Å². The van der Waals surface area contributed by atoms with Gasteiger partial charge in [-0.25, -0.2) is 15.0 Å². The first-order valence-electron chi connectivity index (χ1n) is 14.0. The number of aliphatic hydroxyl groups is 1. The van der Waals surface area contributed by atoms with Crippen LogP contribution in [-0.2, 0) is 11.3 Å². The van der Waals surface area contributed by atoms with Crippen LogP contribution in [0.4, 0.5) is 0 Å². The molecule has 0 amide bonds. The van der Waals surface area contributed by atoms with Crippen LogP contribution in [0.1, 0.15) is 44.6 Å². The lowest BCUT2D eigenvalue weighted by atomic mass is 9.90. The van der Waals surface area contributed by atoms with E-state index in [-0.39, 0.29) is 18.9 Å². The van der Waals surface area contributed by atoms with Gasteiger partial charge in [-0.1, -0.05) is 23.2 Å². The number of aromatic nitrogens is 1. The zero-order chi connectivity index (χ0) is 30.3. The number of aliphatic hydroxyl groups excluding tert-OH is 1. The van der Waals surface area contributed by atoms with Crippen LogP contribution in [0.3, 0.4) is 0 Å². The number of benzene rings is 1. The predicted octanol–water partition coefficient (Wildman–Crippen LogP) is 4.82. The minimum Gasteiger partial charge on any atom is -0.481 e. The van der Waals surface area contributed by atoms with Gasteiger partial charge in [0.1, 0.15) is 5.76 Å². The third-order valence-corrected chi connectivity index (χ3v) is 8.16. The summed E-state index contributed by atoms with van der Waals surface area (Å²) in [5.41, 5.74) is 8.05. The Balaban J connectivity index is 1.53. The molecule has 1 aromatic heterocycles. The van der Waals surface area contributed by atoms with E-state index in [1.54, 1.807) is 31.3 Å². The molecule has 0 radical (unpaired) electrons. The summed E-state index contributed by atoms with van der Waals surface area (Å²) in [5, 5.41) is 19.7. The first-order valence-corrected chi connectivity index (χ1v) is 14.8. The summed E-state index contributed by atoms with van der Waals surface area (Å²) in [6, 6.07) is 9.18. The van der Waals surface area contributed by atoms with Crippen molar-refractivity contribution in [3.8, 4) is 17.1 Å². The molecule has 2 aromatic rings. The van der Waals surface area contributed by atoms with E-state index in [2.05, 4.69) is 21.6 Å². The van der Waals surface area contributed by atoms with E-state index in [1.165, 1.54) is 0 Å². The SMILES string of the molecule is C=N/C(=N\C=C(/C)Oc1cc(CN2CCC(CC(=O)O)CC2)cc(-c2cc(Cl)cc(Cl)c2)n1)N1CCC(N)(CO)CC1. The molecule has 0 spiro atoms. The quantitative estimate of drug-likeness (QED) is 0.207. The van der Waals surface area contributed by atoms with Gasteiger partial charge in [0.25, 0.3) is 0 Å². The number of nitrogens with two attached hydrogens (primary N) is 1. The molecule has 2 aliphatic heterocycles. The van der Waals surface area contributed by atoms with Crippen molar-refractivity contribution in [1.82, 2.24) is 14.8 Å². The summed E-state index contributed by atoms with van der Waals surface area (Å²) >= 11 is 12.6. The number of carboxylic acids is 1. The lowest BCUT2D eigenvalue weighted by Crippen LogP contribution is -2.53. The van der Waals surface area contributed by atoms with Gasteiger partial charge in [0, 0.05) is 53.3 Å². The fourth-order valence-corrected chi connectivity index (χ4v) is 5.80. The number of ether oxygens (including phenoxy) is 1. The number of carboxylic acid groups (broad SMARTS) is 1. The van der Waals surface area contributed by atoms with Crippen LogP contribution in [0.25, 0.3) is 11.3 Å². The highest BCUT2D eigenvalue weighted by Crippen LogP contribution is 2.30. The van der Waals surface area contributed by atoms with Crippen LogP contribution in [0.15, 0.2) is 52.3 Å². The zero-order valence-corrected chi connectivity index (χ0v) is 25.3. The number of carbonyl (C=O) groups is 1. The Morgan fingerprint density at radius 3 is 2.43 bits per heavy atom. The van der Waals surface area contributed by atoms with Gasteiger partial charge in [-0.2, -0.15) is 0 Å². The molecule has 226 valence electrons. The zero-order valence-electron chi connectivity index (χ0n) is 23.8. The number of pyridine rings is 1. The minimum atomic E-state index is -0.742. The maximum Gasteiger partial charge on any atom is 0.303 e. The summed E-state index contributed by atoms with van der Waals surface area (Å²) in [4.78, 5) is 28.7. The lowest BCUT2D eigenvalue weighted by molar-refractivity contribution is -0.138. The number of rotatable bonds is 9. The third kappa shape index (κ3) is 8.99. The number of aliphatic imine (C=N–C) groups is 2. The molecule has 0 unspecified atom stereocenters. The highest BCUT2D eigenvalue weighted by atomic mass is 35.5. The number of nitrogens with zero attached hydrogens (tertiary/aromatic N) is 5. The summed E-state index contributed by atoms with van der Waals surface area (Å²) < 4.78 is 6.12. The molecule has 4 rings (SSSR count). The Morgan fingerprint density at radius 1 is 1.17 bits per heavy atom. The summed E-state index contributed by atoms with van der Waals surface area (Å²) in [5.74, 6) is 0.824. The monoisotopic (exact) mass is 616 g/mol. The molecular formula is C30H38Cl2N6O4. The number of hydrogen-bond acceptors (Lipinski definition) is 7. The maximum atomic E-state index is 11.1. The second-order valence-electron chi connectivity index (χ2n) is 11.1. The van der Waals surface area contributed by atoms with E-state index in [0.29, 0.717) is 65.8 Å². The molecule has 42 heavy (non-hydrogen) atoms. The molecule has 2 saturated heterocycles. The van der Waals surface area contributed by atoms with Crippen molar-refractivity contribution in [2.75, 3.05) is 32.8 Å². The van der Waals surface area contributed by atoms with Gasteiger partial charge in [-0.05, 0) is 88.2 Å². The van der Waals surface area contributed by atoms with Crippen molar-refractivity contribution in [3.63, 3.8) is 0 Å². The van der Waals surface area contributed by atoms with Gasteiger partial charge in [0.15, 0.2) is 0 Å². The number of allylic oxidation sites excluding steroid dienone is 1. The minimum absolute atomic E-state index is 0.0554. The van der Waals surface area contributed by atoms with Gasteiger partial charge < -0.3 is 25.6 Å². The highest BCUT2D eigenvalue weighted by molar-refractivity contribution is 6.35. The average molecular weight is 618 g/mol. The Kier molecular flexibility index (Phi) is 11.0. The van der Waals surface area contributed by atoms with Crippen molar-refractivity contribution in [3.05, 3.63) is 57.9 Å². The molecule has 2 aliphatic rings. The number of piperidine rings is 2. The normalized spacial score (nSPS) is 18.6. The molecular weight excluding hydrogens is 579 g/mol. The number of aliphatic carboxylic acids is 1. The molecule has 0 atom stereocenters. The van der Waals surface area contributed by atoms with Gasteiger partial charge in [-0.15, -0.1) is 0 Å². The van der Waals surface area contributed by atoms with Crippen LogP contribution >= 0.6 is 23.2 Å². The van der Waals surface area contributed by atoms with E-state index in [1.807, 2.05) is 17.0 Å². The van der Waals surface area contributed by atoms with E-state index >= 15 is 0 Å². The molecule has 2 fully saturated rings. The predicted molar refractivity (Wildman–Crippen MR) is 166 cm³/mol. The first kappa shape index (κ1) is 31.9. The van der Waals surface area contributed by atoms with E-state index in [9.17, 15) is 9.90 Å². The second-order valence-corrected chi connectivity index (χ2v) is 12.0. The van der Waals surface area contributed by atoms with Crippen LogP contribution in [0.2, 0.25) is 10.0 Å². The molecule has 3 heterocycles. The van der Waals surface area contributed by atoms with E-state index < -0.39 is 11.5 Å². The third-order valence-electron chi connectivity index (χ3n) is 7.72. The Bertz CT molecular complexity index is 1310. The van der Waals surface area contributed by atoms with E-state index in [4.69, 9.17) is 43.8 Å². The maximum absolute atomic E-state index is 11.1. The lowest BCUT2D eigenvalue weighted by Gasteiger charge is -2.38. The van der Waals surface area contributed by atoms with Crippen molar-refractivity contribution >= 4 is 41.8 Å². The Hall–Kier alpha value is -3.02. The molecule has 10 nitrogen and oxygen atoms in total. The first-order chi connectivity index (χ1) is 20.1. The van der Waals surface area contributed by atoms with Crippen molar-refractivity contribution in [2.45, 2.75) is 51.1 Å². The standard InChI is InChI=1S/C30H38Cl2N6O4/c1-20(17-35-29(34-2)38-9-5-30(33,19-39)6-10-38)42-27-12-22(18-37-7-3-21(4-8-37)13-28(40)41)11-26(36-27)23-14-24(31)16-25(32)15-23/h11-12,14-17,21,39H,2-10,13,18-19,33H2,1H3,(H,40,41)/b20-17+,35-29+. The number of hydrogen-bond donors (Lipinski definition) is 3. The van der Waals surface area contributed by atoms with Gasteiger partial charge >= 0.3 is 5.97 Å².